The number of hydrogen-bond acceptors (Lipinski definition) is 6. The van der Waals surface area contributed by atoms with Gasteiger partial charge >= 0.3 is 12.5 Å². The zero-order valence-electron chi connectivity index (χ0n) is 16.5. The fraction of sp³-hybridized carbons (Fsp3) is 0.421. The van der Waals surface area contributed by atoms with Crippen molar-refractivity contribution in [2.45, 2.75) is 45.3 Å². The highest BCUT2D eigenvalue weighted by Crippen LogP contribution is 2.39. The van der Waals surface area contributed by atoms with Gasteiger partial charge in [-0.25, -0.2) is 4.98 Å². The average molecular weight is 447 g/mol. The molecule has 3 N–H and O–H groups in total. The largest absolute Gasteiger partial charge is 0.573 e. The van der Waals surface area contributed by atoms with Crippen molar-refractivity contribution in [2.75, 3.05) is 5.32 Å². The number of aromatic nitrogens is 3. The van der Waals surface area contributed by atoms with Gasteiger partial charge < -0.3 is 15.8 Å². The SMILES string of the molecule is C/C(N)=C/c1nc(NC2CC(C)C2)nnc1-c1ccc(C(F)(F)F)cc1OC(F)(F)F. The highest BCUT2D eigenvalue weighted by molar-refractivity contribution is 5.75. The van der Waals surface area contributed by atoms with E-state index in [0.717, 1.165) is 18.9 Å². The molecule has 168 valence electrons. The summed E-state index contributed by atoms with van der Waals surface area (Å²) in [5.41, 5.74) is 4.12. The number of alkyl halides is 6. The Morgan fingerprint density at radius 1 is 1.16 bits per heavy atom. The van der Waals surface area contributed by atoms with Gasteiger partial charge in [-0.2, -0.15) is 13.2 Å². The zero-order valence-corrected chi connectivity index (χ0v) is 16.5. The van der Waals surface area contributed by atoms with Crippen LogP contribution in [0, 0.1) is 5.92 Å². The molecule has 2 aromatic rings. The Morgan fingerprint density at radius 2 is 1.84 bits per heavy atom. The Hall–Kier alpha value is -3.05. The van der Waals surface area contributed by atoms with E-state index in [2.05, 4.69) is 32.2 Å². The Morgan fingerprint density at radius 3 is 2.39 bits per heavy atom. The van der Waals surface area contributed by atoms with Gasteiger partial charge in [-0.3, -0.25) is 0 Å². The van der Waals surface area contributed by atoms with Crippen molar-refractivity contribution in [2.24, 2.45) is 11.7 Å². The zero-order chi connectivity index (χ0) is 23.0. The molecule has 1 aromatic heterocycles. The number of nitrogens with zero attached hydrogens (tertiary/aromatic N) is 3. The molecule has 1 fully saturated rings. The smallest absolute Gasteiger partial charge is 0.405 e. The normalized spacial score (nSPS) is 19.7. The van der Waals surface area contributed by atoms with E-state index < -0.39 is 23.9 Å². The van der Waals surface area contributed by atoms with Crippen molar-refractivity contribution in [3.63, 3.8) is 0 Å². The van der Waals surface area contributed by atoms with Crippen molar-refractivity contribution >= 4 is 12.0 Å². The first-order valence-corrected chi connectivity index (χ1v) is 9.24. The molecule has 1 aromatic carbocycles. The van der Waals surface area contributed by atoms with Gasteiger partial charge in [0, 0.05) is 17.3 Å². The lowest BCUT2D eigenvalue weighted by Gasteiger charge is -2.33. The molecule has 0 spiro atoms. The minimum Gasteiger partial charge on any atom is -0.405 e. The maximum absolute atomic E-state index is 13.0. The van der Waals surface area contributed by atoms with Gasteiger partial charge in [-0.15, -0.1) is 23.4 Å². The molecule has 0 bridgehead atoms. The molecule has 1 heterocycles. The summed E-state index contributed by atoms with van der Waals surface area (Å²) in [5, 5.41) is 10.9. The lowest BCUT2D eigenvalue weighted by molar-refractivity contribution is -0.274. The van der Waals surface area contributed by atoms with Gasteiger partial charge in [0.1, 0.15) is 11.4 Å². The number of nitrogens with two attached hydrogens (primary N) is 1. The van der Waals surface area contributed by atoms with Crippen LogP contribution in [0.15, 0.2) is 23.9 Å². The molecule has 0 amide bonds. The molecule has 6 nitrogen and oxygen atoms in total. The summed E-state index contributed by atoms with van der Waals surface area (Å²) in [6.45, 7) is 3.60. The molecule has 12 heteroatoms. The summed E-state index contributed by atoms with van der Waals surface area (Å²) >= 11 is 0. The lowest BCUT2D eigenvalue weighted by Crippen LogP contribution is -2.34. The molecule has 1 aliphatic carbocycles. The van der Waals surface area contributed by atoms with Crippen LogP contribution in [0.4, 0.5) is 32.3 Å². The van der Waals surface area contributed by atoms with Crippen LogP contribution in [0.3, 0.4) is 0 Å². The van der Waals surface area contributed by atoms with Gasteiger partial charge in [0.15, 0.2) is 0 Å². The summed E-state index contributed by atoms with van der Waals surface area (Å²) in [4.78, 5) is 4.24. The maximum atomic E-state index is 13.0. The summed E-state index contributed by atoms with van der Waals surface area (Å²) < 4.78 is 81.5. The number of allylic oxidation sites excluding steroid dienone is 1. The van der Waals surface area contributed by atoms with Crippen LogP contribution in [-0.2, 0) is 6.18 Å². The lowest BCUT2D eigenvalue weighted by atomic mass is 9.82. The first-order chi connectivity index (χ1) is 14.3. The van der Waals surface area contributed by atoms with Gasteiger partial charge in [-0.1, -0.05) is 6.92 Å². The molecular formula is C19H19F6N5O. The monoisotopic (exact) mass is 447 g/mol. The molecule has 31 heavy (non-hydrogen) atoms. The van der Waals surface area contributed by atoms with Gasteiger partial charge in [0.2, 0.25) is 5.95 Å². The highest BCUT2D eigenvalue weighted by Gasteiger charge is 2.36. The van der Waals surface area contributed by atoms with E-state index >= 15 is 0 Å². The first-order valence-electron chi connectivity index (χ1n) is 9.24. The average Bonchev–Trinajstić information content (AvgIpc) is 2.58. The standard InChI is InChI=1S/C19H19F6N5O/c1-9-5-12(6-9)27-17-28-14(7-10(2)26)16(29-30-17)13-4-3-11(18(20,21)22)8-15(13)31-19(23,24)25/h3-4,7-9,12H,5-6,26H2,1-2H3,(H,27,28,30)/b10-7-. The van der Waals surface area contributed by atoms with E-state index in [-0.39, 0.29) is 40.7 Å². The number of halogens is 6. The van der Waals surface area contributed by atoms with Crippen molar-refractivity contribution < 1.29 is 31.1 Å². The Balaban J connectivity index is 2.08. The third kappa shape index (κ3) is 5.76. The van der Waals surface area contributed by atoms with Crippen molar-refractivity contribution in [3.05, 3.63) is 35.2 Å². The van der Waals surface area contributed by atoms with Gasteiger partial charge in [0.05, 0.1) is 11.3 Å². The van der Waals surface area contributed by atoms with Crippen LogP contribution >= 0.6 is 0 Å². The summed E-state index contributed by atoms with van der Waals surface area (Å²) in [5.74, 6) is -0.390. The van der Waals surface area contributed by atoms with Gasteiger partial charge in [0.25, 0.3) is 0 Å². The first kappa shape index (κ1) is 22.6. The third-order valence-electron chi connectivity index (χ3n) is 4.57. The molecule has 0 radical (unpaired) electrons. The van der Waals surface area contributed by atoms with Crippen molar-refractivity contribution in [1.82, 2.24) is 15.2 Å². The second-order valence-electron chi connectivity index (χ2n) is 7.43. The van der Waals surface area contributed by atoms with Crippen molar-refractivity contribution in [3.8, 4) is 17.0 Å². The Kier molecular flexibility index (Phi) is 6.01. The molecule has 0 atom stereocenters. The van der Waals surface area contributed by atoms with E-state index in [1.54, 1.807) is 0 Å². The molecule has 1 aliphatic rings. The second-order valence-corrected chi connectivity index (χ2v) is 7.43. The number of nitrogens with one attached hydrogen (secondary N) is 1. The maximum Gasteiger partial charge on any atom is 0.573 e. The predicted molar refractivity (Wildman–Crippen MR) is 101 cm³/mol. The highest BCUT2D eigenvalue weighted by atomic mass is 19.4. The number of hydrogen-bond donors (Lipinski definition) is 2. The fourth-order valence-corrected chi connectivity index (χ4v) is 3.21. The molecule has 0 aliphatic heterocycles. The van der Waals surface area contributed by atoms with Crippen LogP contribution < -0.4 is 15.8 Å². The number of anilines is 1. The third-order valence-corrected chi connectivity index (χ3v) is 4.57. The summed E-state index contributed by atoms with van der Waals surface area (Å²) in [6, 6.07) is 1.85. The minimum absolute atomic E-state index is 0.0386. The Bertz CT molecular complexity index is 979. The van der Waals surface area contributed by atoms with E-state index in [4.69, 9.17) is 5.73 Å². The number of rotatable bonds is 5. The minimum atomic E-state index is -5.22. The van der Waals surface area contributed by atoms with Crippen LogP contribution in [0.5, 0.6) is 5.75 Å². The van der Waals surface area contributed by atoms with Crippen molar-refractivity contribution in [1.29, 1.82) is 0 Å². The van der Waals surface area contributed by atoms with Crippen LogP contribution in [0.1, 0.15) is 37.9 Å². The van der Waals surface area contributed by atoms with Gasteiger partial charge in [-0.05, 0) is 50.0 Å². The molecular weight excluding hydrogens is 428 g/mol. The number of benzene rings is 1. The van der Waals surface area contributed by atoms with Crippen LogP contribution in [0.25, 0.3) is 17.3 Å². The van der Waals surface area contributed by atoms with E-state index in [9.17, 15) is 26.3 Å². The van der Waals surface area contributed by atoms with E-state index in [0.29, 0.717) is 12.0 Å². The Labute approximate surface area is 173 Å². The fourth-order valence-electron chi connectivity index (χ4n) is 3.21. The van der Waals surface area contributed by atoms with Crippen LogP contribution in [-0.4, -0.2) is 27.6 Å². The molecule has 0 unspecified atom stereocenters. The molecule has 1 saturated carbocycles. The summed E-state index contributed by atoms with van der Waals surface area (Å²) in [6.07, 6.45) is -6.95. The topological polar surface area (TPSA) is 86.0 Å². The van der Waals surface area contributed by atoms with E-state index in [1.807, 2.05) is 0 Å². The molecule has 0 saturated heterocycles. The summed E-state index contributed by atoms with van der Waals surface area (Å²) in [7, 11) is 0. The predicted octanol–water partition coefficient (Wildman–Crippen LogP) is 4.99. The van der Waals surface area contributed by atoms with Crippen LogP contribution in [0.2, 0.25) is 0 Å². The quantitative estimate of drug-likeness (QED) is 0.629. The molecule has 3 rings (SSSR count). The number of ether oxygens (including phenoxy) is 1. The van der Waals surface area contributed by atoms with E-state index in [1.165, 1.54) is 13.0 Å². The second kappa shape index (κ2) is 8.23.